The number of hydrogen-bond acceptors (Lipinski definition) is 8. The molecule has 0 amide bonds. The Bertz CT molecular complexity index is 1910. The molecule has 224 valence electrons. The van der Waals surface area contributed by atoms with E-state index < -0.39 is 0 Å². The highest BCUT2D eigenvalue weighted by Crippen LogP contribution is 2.20. The van der Waals surface area contributed by atoms with Crippen LogP contribution in [0.3, 0.4) is 0 Å². The van der Waals surface area contributed by atoms with Gasteiger partial charge in [-0.05, 0) is 76.2 Å². The molecule has 4 heterocycles. The van der Waals surface area contributed by atoms with Gasteiger partial charge < -0.3 is 0 Å². The van der Waals surface area contributed by atoms with Gasteiger partial charge in [0.15, 0.2) is 11.6 Å². The van der Waals surface area contributed by atoms with Gasteiger partial charge in [-0.1, -0.05) is 46.5 Å². The summed E-state index contributed by atoms with van der Waals surface area (Å²) in [6.45, 7) is 8.18. The summed E-state index contributed by atoms with van der Waals surface area (Å²) in [4.78, 5) is 17.0. The Morgan fingerprint density at radius 2 is 0.957 bits per heavy atom. The lowest BCUT2D eigenvalue weighted by molar-refractivity contribution is 0.938. The average Bonchev–Trinajstić information content (AvgIpc) is 3.73. The van der Waals surface area contributed by atoms with E-state index in [0.29, 0.717) is 34.2 Å². The molecule has 0 aliphatic carbocycles. The Labute approximate surface area is 267 Å². The van der Waals surface area contributed by atoms with Gasteiger partial charge in [0.05, 0.1) is 34.9 Å². The lowest BCUT2D eigenvalue weighted by atomic mass is 10.1. The third-order valence-corrected chi connectivity index (χ3v) is 6.62. The lowest BCUT2D eigenvalue weighted by Crippen LogP contribution is -1.92. The van der Waals surface area contributed by atoms with Crippen molar-refractivity contribution < 1.29 is 0 Å². The number of nitrogens with zero attached hydrogens (tertiary/aromatic N) is 10. The molecule has 0 N–H and O–H groups in total. The quantitative estimate of drug-likeness (QED) is 0.187. The molecule has 4 aromatic heterocycles. The predicted molar refractivity (Wildman–Crippen MR) is 178 cm³/mol. The summed E-state index contributed by atoms with van der Waals surface area (Å²) < 4.78 is 3.08. The summed E-state index contributed by atoms with van der Waals surface area (Å²) in [7, 11) is 0. The van der Waals surface area contributed by atoms with Crippen LogP contribution in [0.25, 0.3) is 46.3 Å². The number of benzene rings is 2. The molecule has 0 radical (unpaired) electrons. The summed E-state index contributed by atoms with van der Waals surface area (Å²) in [5, 5.41) is 27.5. The first-order valence-electron chi connectivity index (χ1n) is 14.4. The van der Waals surface area contributed by atoms with Crippen LogP contribution in [0.2, 0.25) is 0 Å². The van der Waals surface area contributed by atoms with Crippen LogP contribution >= 0.6 is 0 Å². The van der Waals surface area contributed by atoms with Crippen molar-refractivity contribution in [2.45, 2.75) is 27.7 Å². The molecule has 0 aliphatic rings. The third-order valence-electron chi connectivity index (χ3n) is 6.62. The number of aromatic nitrogens is 8. The van der Waals surface area contributed by atoms with Crippen LogP contribution in [0.1, 0.15) is 33.6 Å². The van der Waals surface area contributed by atoms with Crippen LogP contribution in [-0.2, 0) is 0 Å². The summed E-state index contributed by atoms with van der Waals surface area (Å²) in [6.07, 6.45) is 9.75. The Morgan fingerprint density at radius 1 is 0.565 bits per heavy atom. The van der Waals surface area contributed by atoms with Crippen molar-refractivity contribution in [3.63, 3.8) is 0 Å². The second-order valence-electron chi connectivity index (χ2n) is 10.6. The average molecular weight is 603 g/mol. The van der Waals surface area contributed by atoms with Crippen LogP contribution in [0.4, 0.5) is 0 Å². The van der Waals surface area contributed by atoms with E-state index in [9.17, 15) is 10.5 Å². The van der Waals surface area contributed by atoms with Gasteiger partial charge in [-0.25, -0.2) is 19.3 Å². The van der Waals surface area contributed by atoms with Gasteiger partial charge in [0.1, 0.15) is 24.8 Å². The zero-order valence-corrected chi connectivity index (χ0v) is 25.9. The van der Waals surface area contributed by atoms with Gasteiger partial charge >= 0.3 is 0 Å². The molecule has 10 heteroatoms. The summed E-state index contributed by atoms with van der Waals surface area (Å²) in [5.74, 6) is 1.26. The Hall–Kier alpha value is -6.52. The van der Waals surface area contributed by atoms with E-state index in [1.54, 1.807) is 58.9 Å². The highest BCUT2D eigenvalue weighted by molar-refractivity contribution is 5.83. The molecule has 46 heavy (non-hydrogen) atoms. The molecular formula is C36H30N10. The number of allylic oxidation sites excluding steroid dienone is 2. The second kappa shape index (κ2) is 14.3. The van der Waals surface area contributed by atoms with Gasteiger partial charge in [0.25, 0.3) is 0 Å². The fourth-order valence-corrected chi connectivity index (χ4v) is 4.76. The second-order valence-corrected chi connectivity index (χ2v) is 10.6. The smallest absolute Gasteiger partial charge is 0.181 e. The minimum absolute atomic E-state index is 0.433. The van der Waals surface area contributed by atoms with Crippen molar-refractivity contribution in [1.29, 1.82) is 10.5 Å². The highest BCUT2D eigenvalue weighted by Gasteiger charge is 2.08. The molecule has 2 aromatic carbocycles. The molecule has 0 saturated carbocycles. The molecule has 6 rings (SSSR count). The minimum atomic E-state index is 0.433. The van der Waals surface area contributed by atoms with Gasteiger partial charge in [-0.3, -0.25) is 9.97 Å². The van der Waals surface area contributed by atoms with Crippen LogP contribution < -0.4 is 0 Å². The molecular weight excluding hydrogens is 572 g/mol. The van der Waals surface area contributed by atoms with Crippen molar-refractivity contribution in [1.82, 2.24) is 39.5 Å². The molecule has 0 spiro atoms. The molecule has 0 fully saturated rings. The minimum Gasteiger partial charge on any atom is -0.255 e. The van der Waals surface area contributed by atoms with Crippen molar-refractivity contribution in [3.8, 4) is 34.9 Å². The maximum absolute atomic E-state index is 9.32. The van der Waals surface area contributed by atoms with Gasteiger partial charge in [0.2, 0.25) is 0 Å². The molecule has 0 atom stereocenters. The SMILES string of the molecule is Cc1cc(C)cc(-c2ncn(/C=C(/C#N)c3ccccn3)n2)c1.Cc1cc(C)cc(-c2ncn(/C=C(\C#N)c3ccccn3)n2)c1. The van der Waals surface area contributed by atoms with Crippen LogP contribution in [0, 0.1) is 50.4 Å². The first kappa shape index (κ1) is 30.9. The van der Waals surface area contributed by atoms with E-state index in [-0.39, 0.29) is 0 Å². The largest absolute Gasteiger partial charge is 0.255 e. The lowest BCUT2D eigenvalue weighted by Gasteiger charge is -2.00. The van der Waals surface area contributed by atoms with Gasteiger partial charge in [0, 0.05) is 23.5 Å². The number of aryl methyl sites for hydroxylation is 4. The maximum atomic E-state index is 9.32. The van der Waals surface area contributed by atoms with E-state index in [1.807, 2.05) is 76.2 Å². The van der Waals surface area contributed by atoms with Crippen LogP contribution in [0.15, 0.2) is 97.8 Å². The summed E-state index contributed by atoms with van der Waals surface area (Å²) in [5.41, 5.74) is 8.67. The Morgan fingerprint density at radius 3 is 1.28 bits per heavy atom. The highest BCUT2D eigenvalue weighted by atomic mass is 15.3. The summed E-state index contributed by atoms with van der Waals surface area (Å²) >= 11 is 0. The molecule has 6 aromatic rings. The van der Waals surface area contributed by atoms with E-state index in [2.05, 4.69) is 54.4 Å². The monoisotopic (exact) mass is 602 g/mol. The molecule has 0 saturated heterocycles. The fourth-order valence-electron chi connectivity index (χ4n) is 4.76. The van der Waals surface area contributed by atoms with Crippen molar-refractivity contribution in [2.24, 2.45) is 0 Å². The standard InChI is InChI=1S/2C18H15N5/c2*1-13-7-14(2)9-15(8-13)18-21-12-23(22-18)11-16(10-19)17-5-3-4-6-20-17/h2*3-9,11-12H,1-2H3/b16-11+;16-11-. The van der Waals surface area contributed by atoms with E-state index in [1.165, 1.54) is 0 Å². The van der Waals surface area contributed by atoms with Crippen molar-refractivity contribution >= 4 is 23.5 Å². The third kappa shape index (κ3) is 7.90. The topological polar surface area (TPSA) is 135 Å². The van der Waals surface area contributed by atoms with E-state index >= 15 is 0 Å². The normalized spacial score (nSPS) is 11.3. The summed E-state index contributed by atoms with van der Waals surface area (Å²) in [6, 6.07) is 27.6. The van der Waals surface area contributed by atoms with Gasteiger partial charge in [-0.2, -0.15) is 10.5 Å². The first-order valence-corrected chi connectivity index (χ1v) is 14.4. The Kier molecular flexibility index (Phi) is 9.61. The predicted octanol–water partition coefficient (Wildman–Crippen LogP) is 6.96. The molecule has 10 nitrogen and oxygen atoms in total. The molecule has 0 unspecified atom stereocenters. The number of pyridine rings is 2. The number of hydrogen-bond donors (Lipinski definition) is 0. The zero-order valence-electron chi connectivity index (χ0n) is 25.9. The number of rotatable bonds is 6. The van der Waals surface area contributed by atoms with Crippen LogP contribution in [0.5, 0.6) is 0 Å². The van der Waals surface area contributed by atoms with E-state index in [0.717, 1.165) is 33.4 Å². The number of nitriles is 2. The zero-order chi connectivity index (χ0) is 32.5. The van der Waals surface area contributed by atoms with E-state index in [4.69, 9.17) is 0 Å². The van der Waals surface area contributed by atoms with Crippen LogP contribution in [-0.4, -0.2) is 39.5 Å². The maximum Gasteiger partial charge on any atom is 0.181 e. The van der Waals surface area contributed by atoms with Crippen molar-refractivity contribution in [3.05, 3.63) is 131 Å². The van der Waals surface area contributed by atoms with Crippen molar-refractivity contribution in [2.75, 3.05) is 0 Å². The fraction of sp³-hybridized carbons (Fsp3) is 0.111. The Balaban J connectivity index is 0.000000181. The molecule has 0 bridgehead atoms. The van der Waals surface area contributed by atoms with Gasteiger partial charge in [-0.15, -0.1) is 10.2 Å². The molecule has 0 aliphatic heterocycles. The first-order chi connectivity index (χ1) is 22.3.